The molecular weight excluding hydrogens is 250 g/mol. The van der Waals surface area contributed by atoms with Gasteiger partial charge in [0.05, 0.1) is 5.69 Å². The molecule has 8 heteroatoms. The van der Waals surface area contributed by atoms with Crippen molar-refractivity contribution in [1.82, 2.24) is 19.9 Å². The van der Waals surface area contributed by atoms with E-state index in [9.17, 15) is 14.7 Å². The number of nitrogens with zero attached hydrogens (tertiary/aromatic N) is 1. The summed E-state index contributed by atoms with van der Waals surface area (Å²) in [6, 6.07) is 4.53. The third kappa shape index (κ3) is 1.75. The van der Waals surface area contributed by atoms with Crippen molar-refractivity contribution in [3.8, 4) is 17.1 Å². The average molecular weight is 259 g/mol. The van der Waals surface area contributed by atoms with Gasteiger partial charge in [-0.25, -0.2) is 9.78 Å². The average Bonchev–Trinajstić information content (AvgIpc) is 2.76. The Morgan fingerprint density at radius 2 is 1.95 bits per heavy atom. The second-order valence-corrected chi connectivity index (χ2v) is 3.99. The highest BCUT2D eigenvalue weighted by molar-refractivity contribution is 5.76. The van der Waals surface area contributed by atoms with E-state index in [0.717, 1.165) is 0 Å². The van der Waals surface area contributed by atoms with Gasteiger partial charge in [-0.1, -0.05) is 0 Å². The Balaban J connectivity index is 2.26. The molecule has 3 aromatic rings. The molecule has 96 valence electrons. The molecule has 0 saturated carbocycles. The maximum atomic E-state index is 11.6. The summed E-state index contributed by atoms with van der Waals surface area (Å²) in [5.41, 5.74) is 5.53. The van der Waals surface area contributed by atoms with E-state index in [4.69, 9.17) is 5.73 Å². The summed E-state index contributed by atoms with van der Waals surface area (Å²) in [6.45, 7) is 0. The molecule has 8 nitrogen and oxygen atoms in total. The Labute approximate surface area is 104 Å². The number of aromatic nitrogens is 4. The fourth-order valence-electron chi connectivity index (χ4n) is 1.77. The molecule has 2 heterocycles. The summed E-state index contributed by atoms with van der Waals surface area (Å²) in [5, 5.41) is 9.35. The van der Waals surface area contributed by atoms with Crippen molar-refractivity contribution in [1.29, 1.82) is 0 Å². The van der Waals surface area contributed by atoms with E-state index in [1.807, 2.05) is 0 Å². The topological polar surface area (TPSA) is 141 Å². The highest BCUT2D eigenvalue weighted by atomic mass is 16.3. The fraction of sp³-hybridized carbons (Fsp3) is 0. The largest absolute Gasteiger partial charge is 0.506 e. The van der Waals surface area contributed by atoms with Gasteiger partial charge in [0, 0.05) is 5.56 Å². The van der Waals surface area contributed by atoms with Gasteiger partial charge >= 0.3 is 5.69 Å². The number of benzene rings is 1. The number of fused-ring (bicyclic) bond motifs is 1. The highest BCUT2D eigenvalue weighted by Crippen LogP contribution is 2.26. The molecule has 0 unspecified atom stereocenters. The number of nitrogens with two attached hydrogens (primary N) is 1. The van der Waals surface area contributed by atoms with Crippen LogP contribution in [0.5, 0.6) is 5.75 Å². The predicted octanol–water partition coefficient (Wildman–Crippen LogP) is -0.106. The van der Waals surface area contributed by atoms with Crippen LogP contribution in [-0.2, 0) is 0 Å². The minimum atomic E-state index is -0.624. The number of aromatic hydroxyl groups is 1. The molecule has 0 saturated heterocycles. The lowest BCUT2D eigenvalue weighted by atomic mass is 10.2. The Morgan fingerprint density at radius 3 is 2.68 bits per heavy atom. The molecular formula is C11H9N5O3. The molecule has 0 amide bonds. The minimum Gasteiger partial charge on any atom is -0.506 e. The summed E-state index contributed by atoms with van der Waals surface area (Å²) in [5.74, 6) is 0.333. The second-order valence-electron chi connectivity index (χ2n) is 3.99. The normalized spacial score (nSPS) is 10.9. The molecule has 0 aliphatic rings. The number of rotatable bonds is 1. The zero-order chi connectivity index (χ0) is 13.6. The van der Waals surface area contributed by atoms with Crippen molar-refractivity contribution in [2.75, 3.05) is 5.73 Å². The SMILES string of the molecule is Nc1cc(-c2nc3[nH]c(=O)[nH]c(=O)c3[nH]2)ccc1O. The van der Waals surface area contributed by atoms with Crippen LogP contribution in [0.1, 0.15) is 0 Å². The van der Waals surface area contributed by atoms with Crippen molar-refractivity contribution in [3.05, 3.63) is 39.0 Å². The molecule has 0 spiro atoms. The second kappa shape index (κ2) is 3.73. The van der Waals surface area contributed by atoms with Crippen molar-refractivity contribution in [3.63, 3.8) is 0 Å². The first kappa shape index (κ1) is 11.1. The van der Waals surface area contributed by atoms with Crippen LogP contribution in [0.4, 0.5) is 5.69 Å². The fourth-order valence-corrected chi connectivity index (χ4v) is 1.77. The summed E-state index contributed by atoms with van der Waals surface area (Å²) >= 11 is 0. The number of phenolic OH excluding ortho intramolecular Hbond substituents is 1. The van der Waals surface area contributed by atoms with E-state index in [-0.39, 0.29) is 22.6 Å². The minimum absolute atomic E-state index is 0.0360. The van der Waals surface area contributed by atoms with Crippen molar-refractivity contribution >= 4 is 16.9 Å². The lowest BCUT2D eigenvalue weighted by Crippen LogP contribution is -2.21. The molecule has 0 aliphatic carbocycles. The third-order valence-electron chi connectivity index (χ3n) is 2.69. The number of nitrogens with one attached hydrogen (secondary N) is 3. The molecule has 0 fully saturated rings. The molecule has 0 bridgehead atoms. The van der Waals surface area contributed by atoms with Crippen LogP contribution in [0.25, 0.3) is 22.6 Å². The zero-order valence-corrected chi connectivity index (χ0v) is 9.52. The Hall–Kier alpha value is -3.03. The summed E-state index contributed by atoms with van der Waals surface area (Å²) < 4.78 is 0. The van der Waals surface area contributed by atoms with Crippen LogP contribution < -0.4 is 17.0 Å². The number of aromatic amines is 3. The van der Waals surface area contributed by atoms with E-state index in [1.165, 1.54) is 12.1 Å². The molecule has 6 N–H and O–H groups in total. The summed E-state index contributed by atoms with van der Waals surface area (Å²) in [4.78, 5) is 34.1. The molecule has 0 radical (unpaired) electrons. The van der Waals surface area contributed by atoms with Crippen LogP contribution >= 0.6 is 0 Å². The summed E-state index contributed by atoms with van der Waals surface area (Å²) in [7, 11) is 0. The van der Waals surface area contributed by atoms with Gasteiger partial charge in [0.15, 0.2) is 5.65 Å². The lowest BCUT2D eigenvalue weighted by molar-refractivity contribution is 0.478. The van der Waals surface area contributed by atoms with Crippen molar-refractivity contribution in [2.24, 2.45) is 0 Å². The standard InChI is InChI=1S/C11H9N5O3/c12-5-3-4(1-2-6(5)17)8-13-7-9(14-8)15-11(19)16-10(7)18/h1-3,17H,12H2,(H3,13,14,15,16,18,19). The van der Waals surface area contributed by atoms with E-state index in [1.54, 1.807) is 6.07 Å². The first-order valence-electron chi connectivity index (χ1n) is 5.36. The maximum Gasteiger partial charge on any atom is 0.327 e. The van der Waals surface area contributed by atoms with Crippen molar-refractivity contribution in [2.45, 2.75) is 0 Å². The number of phenols is 1. The quantitative estimate of drug-likeness (QED) is 0.306. The Kier molecular flexibility index (Phi) is 2.18. The van der Waals surface area contributed by atoms with Gasteiger partial charge in [-0.15, -0.1) is 0 Å². The molecule has 3 rings (SSSR count). The first-order chi connectivity index (χ1) is 9.04. The highest BCUT2D eigenvalue weighted by Gasteiger charge is 2.10. The van der Waals surface area contributed by atoms with Gasteiger partial charge < -0.3 is 15.8 Å². The van der Waals surface area contributed by atoms with Crippen LogP contribution in [0, 0.1) is 0 Å². The van der Waals surface area contributed by atoms with Gasteiger partial charge in [-0.3, -0.25) is 14.8 Å². The van der Waals surface area contributed by atoms with E-state index >= 15 is 0 Å². The monoisotopic (exact) mass is 259 g/mol. The first-order valence-corrected chi connectivity index (χ1v) is 5.36. The Bertz CT molecular complexity index is 889. The Morgan fingerprint density at radius 1 is 1.16 bits per heavy atom. The number of nitrogen functional groups attached to an aromatic ring is 1. The molecule has 19 heavy (non-hydrogen) atoms. The number of imidazole rings is 1. The van der Waals surface area contributed by atoms with Crippen LogP contribution in [0.3, 0.4) is 0 Å². The van der Waals surface area contributed by atoms with E-state index in [2.05, 4.69) is 19.9 Å². The van der Waals surface area contributed by atoms with Gasteiger partial charge in [0.1, 0.15) is 17.1 Å². The number of hydrogen-bond donors (Lipinski definition) is 5. The van der Waals surface area contributed by atoms with E-state index in [0.29, 0.717) is 11.4 Å². The molecule has 1 aromatic carbocycles. The third-order valence-corrected chi connectivity index (χ3v) is 2.69. The van der Waals surface area contributed by atoms with Gasteiger partial charge in [-0.2, -0.15) is 0 Å². The summed E-state index contributed by atoms with van der Waals surface area (Å²) in [6.07, 6.45) is 0. The van der Waals surface area contributed by atoms with Crippen molar-refractivity contribution < 1.29 is 5.11 Å². The lowest BCUT2D eigenvalue weighted by Gasteiger charge is -2.00. The molecule has 0 aliphatic heterocycles. The predicted molar refractivity (Wildman–Crippen MR) is 68.8 cm³/mol. The zero-order valence-electron chi connectivity index (χ0n) is 9.52. The van der Waals surface area contributed by atoms with Gasteiger partial charge in [-0.05, 0) is 18.2 Å². The van der Waals surface area contributed by atoms with Crippen LogP contribution in [0.2, 0.25) is 0 Å². The van der Waals surface area contributed by atoms with E-state index < -0.39 is 11.2 Å². The van der Waals surface area contributed by atoms with Gasteiger partial charge in [0.2, 0.25) is 0 Å². The molecule has 0 atom stereocenters. The number of hydrogen-bond acceptors (Lipinski definition) is 5. The van der Waals surface area contributed by atoms with Crippen LogP contribution in [-0.4, -0.2) is 25.0 Å². The maximum absolute atomic E-state index is 11.6. The molecule has 2 aromatic heterocycles. The smallest absolute Gasteiger partial charge is 0.327 e. The van der Waals surface area contributed by atoms with Gasteiger partial charge in [0.25, 0.3) is 5.56 Å². The number of anilines is 1. The number of H-pyrrole nitrogens is 3. The van der Waals surface area contributed by atoms with Crippen LogP contribution in [0.15, 0.2) is 27.8 Å².